The van der Waals surface area contributed by atoms with E-state index in [2.05, 4.69) is 5.32 Å². The fourth-order valence-corrected chi connectivity index (χ4v) is 4.83. The van der Waals surface area contributed by atoms with Crippen molar-refractivity contribution in [3.63, 3.8) is 0 Å². The van der Waals surface area contributed by atoms with Crippen LogP contribution in [0.3, 0.4) is 0 Å². The van der Waals surface area contributed by atoms with Crippen LogP contribution in [0.25, 0.3) is 0 Å². The number of hydrogen-bond acceptors (Lipinski definition) is 5. The van der Waals surface area contributed by atoms with Gasteiger partial charge in [-0.2, -0.15) is 0 Å². The molecule has 1 aromatic carbocycles. The highest BCUT2D eigenvalue weighted by Crippen LogP contribution is 2.23. The van der Waals surface area contributed by atoms with Gasteiger partial charge in [0.05, 0.1) is 21.7 Å². The van der Waals surface area contributed by atoms with E-state index in [0.29, 0.717) is 32.5 Å². The smallest absolute Gasteiger partial charge is 0.252 e. The minimum Gasteiger partial charge on any atom is -0.352 e. The molecule has 0 bridgehead atoms. The first kappa shape index (κ1) is 22.1. The number of piperidine rings is 1. The second-order valence-corrected chi connectivity index (χ2v) is 11.3. The van der Waals surface area contributed by atoms with Crippen molar-refractivity contribution in [2.75, 3.05) is 40.0 Å². The molecule has 1 aliphatic rings. The predicted molar refractivity (Wildman–Crippen MR) is 104 cm³/mol. The van der Waals surface area contributed by atoms with Gasteiger partial charge >= 0.3 is 0 Å². The maximum absolute atomic E-state index is 12.5. The quantitative estimate of drug-likeness (QED) is 0.714. The first-order chi connectivity index (χ1) is 12.4. The fourth-order valence-electron chi connectivity index (χ4n) is 2.83. The molecule has 27 heavy (non-hydrogen) atoms. The molecule has 8 nitrogen and oxygen atoms in total. The van der Waals surface area contributed by atoms with Crippen molar-refractivity contribution < 1.29 is 21.6 Å². The zero-order chi connectivity index (χ0) is 20.4. The number of carbonyl (C=O) groups excluding carboxylic acids is 1. The van der Waals surface area contributed by atoms with Crippen LogP contribution < -0.4 is 5.32 Å². The highest BCUT2D eigenvalue weighted by atomic mass is 35.5. The number of nitrogens with zero attached hydrogens (tertiary/aromatic N) is 2. The van der Waals surface area contributed by atoms with Crippen LogP contribution in [0.1, 0.15) is 23.2 Å². The Labute approximate surface area is 165 Å². The molecule has 0 radical (unpaired) electrons. The molecule has 1 heterocycles. The van der Waals surface area contributed by atoms with Crippen LogP contribution in [0.15, 0.2) is 23.1 Å². The number of benzene rings is 1. The third kappa shape index (κ3) is 5.41. The lowest BCUT2D eigenvalue weighted by atomic mass is 9.98. The van der Waals surface area contributed by atoms with Crippen LogP contribution in [-0.4, -0.2) is 71.3 Å². The van der Waals surface area contributed by atoms with Gasteiger partial charge in [-0.05, 0) is 37.0 Å². The zero-order valence-corrected chi connectivity index (χ0v) is 17.9. The summed E-state index contributed by atoms with van der Waals surface area (Å²) in [6.45, 7) is 1.23. The van der Waals surface area contributed by atoms with E-state index in [-0.39, 0.29) is 21.4 Å². The molecule has 1 N–H and O–H groups in total. The molecule has 0 aromatic heterocycles. The number of nitrogens with one attached hydrogen (secondary N) is 1. The Hall–Kier alpha value is -1.20. The number of carbonyl (C=O) groups is 1. The number of sulfonamides is 2. The molecule has 0 spiro atoms. The van der Waals surface area contributed by atoms with Crippen molar-refractivity contribution in [2.24, 2.45) is 5.92 Å². The van der Waals surface area contributed by atoms with E-state index in [1.54, 1.807) is 0 Å². The van der Waals surface area contributed by atoms with E-state index in [9.17, 15) is 21.6 Å². The summed E-state index contributed by atoms with van der Waals surface area (Å²) in [6.07, 6.45) is 2.48. The number of hydrogen-bond donors (Lipinski definition) is 1. The maximum atomic E-state index is 12.5. The van der Waals surface area contributed by atoms with Gasteiger partial charge < -0.3 is 5.32 Å². The third-order valence-electron chi connectivity index (χ3n) is 4.55. The van der Waals surface area contributed by atoms with Crippen molar-refractivity contribution in [3.05, 3.63) is 28.8 Å². The molecule has 0 unspecified atom stereocenters. The van der Waals surface area contributed by atoms with Crippen LogP contribution in [0, 0.1) is 5.92 Å². The topological polar surface area (TPSA) is 104 Å². The van der Waals surface area contributed by atoms with E-state index >= 15 is 0 Å². The molecule has 11 heteroatoms. The SMILES string of the molecule is CN(C)S(=O)(=O)c1ccc(Cl)c(C(=O)NCC2CCN(S(C)(=O)=O)CC2)c1. The fraction of sp³-hybridized carbons (Fsp3) is 0.562. The minimum atomic E-state index is -3.67. The van der Waals surface area contributed by atoms with E-state index in [0.717, 1.165) is 4.31 Å². The van der Waals surface area contributed by atoms with E-state index in [1.165, 1.54) is 42.9 Å². The molecular weight excluding hydrogens is 414 g/mol. The van der Waals surface area contributed by atoms with Gasteiger partial charge in [-0.25, -0.2) is 25.4 Å². The molecule has 0 saturated carbocycles. The first-order valence-electron chi connectivity index (χ1n) is 8.38. The van der Waals surface area contributed by atoms with Gasteiger partial charge in [0.2, 0.25) is 20.0 Å². The summed E-state index contributed by atoms with van der Waals surface area (Å²) in [5.41, 5.74) is 0.0909. The minimum absolute atomic E-state index is 0.0106. The van der Waals surface area contributed by atoms with Crippen LogP contribution in [-0.2, 0) is 20.0 Å². The van der Waals surface area contributed by atoms with Gasteiger partial charge in [0.25, 0.3) is 5.91 Å². The van der Waals surface area contributed by atoms with Crippen molar-refractivity contribution in [1.29, 1.82) is 0 Å². The Morgan fingerprint density at radius 2 is 1.81 bits per heavy atom. The number of amides is 1. The summed E-state index contributed by atoms with van der Waals surface area (Å²) in [7, 11) is -4.04. The number of halogens is 1. The zero-order valence-electron chi connectivity index (χ0n) is 15.5. The van der Waals surface area contributed by atoms with Crippen LogP contribution in [0.2, 0.25) is 5.02 Å². The third-order valence-corrected chi connectivity index (χ3v) is 8.00. The van der Waals surface area contributed by atoms with Crippen LogP contribution in [0.5, 0.6) is 0 Å². The summed E-state index contributed by atoms with van der Waals surface area (Å²) in [6, 6.07) is 4.01. The molecule has 1 fully saturated rings. The van der Waals surface area contributed by atoms with Crippen LogP contribution in [0.4, 0.5) is 0 Å². The van der Waals surface area contributed by atoms with Gasteiger partial charge in [0.15, 0.2) is 0 Å². The normalized spacial score (nSPS) is 17.2. The highest BCUT2D eigenvalue weighted by Gasteiger charge is 2.26. The van der Waals surface area contributed by atoms with Crippen molar-refractivity contribution in [1.82, 2.24) is 13.9 Å². The molecular formula is C16H24ClN3O5S2. The van der Waals surface area contributed by atoms with E-state index in [1.807, 2.05) is 0 Å². The average Bonchev–Trinajstić information content (AvgIpc) is 2.59. The summed E-state index contributed by atoms with van der Waals surface area (Å²) in [5, 5.41) is 2.94. The summed E-state index contributed by atoms with van der Waals surface area (Å²) in [5.74, 6) is -0.305. The van der Waals surface area contributed by atoms with Gasteiger partial charge in [-0.3, -0.25) is 4.79 Å². The lowest BCUT2D eigenvalue weighted by molar-refractivity contribution is 0.0941. The molecule has 0 atom stereocenters. The van der Waals surface area contributed by atoms with Gasteiger partial charge in [0.1, 0.15) is 0 Å². The Morgan fingerprint density at radius 1 is 1.22 bits per heavy atom. The predicted octanol–water partition coefficient (Wildman–Crippen LogP) is 0.992. The Kier molecular flexibility index (Phi) is 6.91. The summed E-state index contributed by atoms with van der Waals surface area (Å²) >= 11 is 6.07. The van der Waals surface area contributed by atoms with Gasteiger partial charge in [-0.15, -0.1) is 0 Å². The molecule has 2 rings (SSSR count). The molecule has 1 saturated heterocycles. The summed E-state index contributed by atoms with van der Waals surface area (Å²) < 4.78 is 50.0. The Balaban J connectivity index is 2.03. The van der Waals surface area contributed by atoms with E-state index < -0.39 is 26.0 Å². The monoisotopic (exact) mass is 437 g/mol. The maximum Gasteiger partial charge on any atom is 0.252 e. The highest BCUT2D eigenvalue weighted by molar-refractivity contribution is 7.89. The second kappa shape index (κ2) is 8.44. The van der Waals surface area contributed by atoms with Crippen molar-refractivity contribution in [3.8, 4) is 0 Å². The molecule has 1 aromatic rings. The molecule has 152 valence electrons. The van der Waals surface area contributed by atoms with Gasteiger partial charge in [-0.1, -0.05) is 11.6 Å². The largest absolute Gasteiger partial charge is 0.352 e. The Bertz CT molecular complexity index is 908. The second-order valence-electron chi connectivity index (χ2n) is 6.74. The standard InChI is InChI=1S/C16H24ClN3O5S2/c1-19(2)27(24,25)13-4-5-15(17)14(10-13)16(21)18-11-12-6-8-20(9-7-12)26(3,22)23/h4-5,10,12H,6-9,11H2,1-3H3,(H,18,21). The molecule has 1 amide bonds. The molecule has 1 aliphatic heterocycles. The first-order valence-corrected chi connectivity index (χ1v) is 12.0. The lowest BCUT2D eigenvalue weighted by Gasteiger charge is -2.30. The van der Waals surface area contributed by atoms with Crippen LogP contribution >= 0.6 is 11.6 Å². The van der Waals surface area contributed by atoms with Crippen molar-refractivity contribution >= 4 is 37.6 Å². The molecule has 0 aliphatic carbocycles. The summed E-state index contributed by atoms with van der Waals surface area (Å²) in [4.78, 5) is 12.5. The lowest BCUT2D eigenvalue weighted by Crippen LogP contribution is -2.41. The van der Waals surface area contributed by atoms with E-state index in [4.69, 9.17) is 11.6 Å². The Morgan fingerprint density at radius 3 is 2.33 bits per heavy atom. The average molecular weight is 438 g/mol. The number of rotatable bonds is 6. The van der Waals surface area contributed by atoms with Gasteiger partial charge in [0, 0.05) is 33.7 Å². The van der Waals surface area contributed by atoms with Crippen molar-refractivity contribution in [2.45, 2.75) is 17.7 Å².